The molecule has 0 spiro atoms. The van der Waals surface area contributed by atoms with Crippen molar-refractivity contribution in [2.45, 2.75) is 18.6 Å². The van der Waals surface area contributed by atoms with Gasteiger partial charge >= 0.3 is 5.97 Å². The van der Waals surface area contributed by atoms with Crippen LogP contribution in [0, 0.1) is 11.3 Å². The van der Waals surface area contributed by atoms with Crippen molar-refractivity contribution in [1.29, 1.82) is 5.26 Å². The average Bonchev–Trinajstić information content (AvgIpc) is 2.71. The number of hydrogen-bond donors (Lipinski definition) is 2. The topological polar surface area (TPSA) is 110 Å². The fraction of sp³-hybridized carbons (Fsp3) is 0.400. The Labute approximate surface area is 96.9 Å². The molecular formula is C10H10N4O3. The molecule has 0 radical (unpaired) electrons. The van der Waals surface area contributed by atoms with Crippen LogP contribution < -0.4 is 4.90 Å². The van der Waals surface area contributed by atoms with Crippen LogP contribution in [-0.2, 0) is 4.79 Å². The first-order valence-corrected chi connectivity index (χ1v) is 5.02. The molecule has 88 valence electrons. The molecule has 0 saturated carbocycles. The largest absolute Gasteiger partial charge is 0.480 e. The number of carboxylic acid groups (broad SMARTS) is 1. The molecule has 0 bridgehead atoms. The van der Waals surface area contributed by atoms with Gasteiger partial charge in [0.05, 0.1) is 17.9 Å². The normalized spacial score (nSPS) is 23.4. The lowest BCUT2D eigenvalue weighted by Gasteiger charge is -2.22. The Hall–Kier alpha value is -2.20. The van der Waals surface area contributed by atoms with Crippen LogP contribution in [0.3, 0.4) is 0 Å². The van der Waals surface area contributed by atoms with Crippen molar-refractivity contribution in [1.82, 2.24) is 10.2 Å². The third-order valence-electron chi connectivity index (χ3n) is 2.66. The van der Waals surface area contributed by atoms with Crippen LogP contribution in [0.5, 0.6) is 0 Å². The third-order valence-corrected chi connectivity index (χ3v) is 2.66. The molecule has 0 aliphatic carbocycles. The predicted molar refractivity (Wildman–Crippen MR) is 56.1 cm³/mol. The quantitative estimate of drug-likeness (QED) is 0.701. The highest BCUT2D eigenvalue weighted by molar-refractivity contribution is 5.79. The SMILES string of the molecule is N#Cc1ccnnc1N1CC(O)CC1C(=O)O. The van der Waals surface area contributed by atoms with E-state index < -0.39 is 18.1 Å². The highest BCUT2D eigenvalue weighted by atomic mass is 16.4. The molecule has 2 atom stereocenters. The van der Waals surface area contributed by atoms with E-state index in [-0.39, 0.29) is 24.3 Å². The van der Waals surface area contributed by atoms with Crippen molar-refractivity contribution in [2.24, 2.45) is 0 Å². The van der Waals surface area contributed by atoms with Crippen molar-refractivity contribution in [3.63, 3.8) is 0 Å². The second kappa shape index (κ2) is 4.35. The summed E-state index contributed by atoms with van der Waals surface area (Å²) in [4.78, 5) is 12.4. The van der Waals surface area contributed by atoms with Gasteiger partial charge in [-0.3, -0.25) is 0 Å². The Morgan fingerprint density at radius 1 is 1.65 bits per heavy atom. The number of carbonyl (C=O) groups is 1. The number of nitriles is 1. The second-order valence-electron chi connectivity index (χ2n) is 3.78. The Morgan fingerprint density at radius 2 is 2.41 bits per heavy atom. The molecule has 2 heterocycles. The lowest BCUT2D eigenvalue weighted by Crippen LogP contribution is -2.37. The summed E-state index contributed by atoms with van der Waals surface area (Å²) >= 11 is 0. The molecule has 0 aromatic carbocycles. The van der Waals surface area contributed by atoms with Crippen molar-refractivity contribution >= 4 is 11.8 Å². The van der Waals surface area contributed by atoms with Crippen LogP contribution in [-0.4, -0.2) is 45.1 Å². The van der Waals surface area contributed by atoms with Gasteiger partial charge in [-0.1, -0.05) is 0 Å². The molecule has 1 saturated heterocycles. The first-order valence-electron chi connectivity index (χ1n) is 5.02. The summed E-state index contributed by atoms with van der Waals surface area (Å²) in [5, 5.41) is 34.9. The van der Waals surface area contributed by atoms with Crippen LogP contribution in [0.25, 0.3) is 0 Å². The summed E-state index contributed by atoms with van der Waals surface area (Å²) in [6, 6.07) is 2.53. The Bertz CT molecular complexity index is 485. The first-order chi connectivity index (χ1) is 8.13. The van der Waals surface area contributed by atoms with Crippen LogP contribution in [0.4, 0.5) is 5.82 Å². The Kier molecular flexibility index (Phi) is 2.89. The van der Waals surface area contributed by atoms with E-state index in [4.69, 9.17) is 10.4 Å². The molecule has 2 N–H and O–H groups in total. The molecule has 7 heteroatoms. The van der Waals surface area contributed by atoms with E-state index in [1.807, 2.05) is 6.07 Å². The van der Waals surface area contributed by atoms with Gasteiger partial charge in [0, 0.05) is 13.0 Å². The van der Waals surface area contributed by atoms with E-state index in [9.17, 15) is 9.90 Å². The number of rotatable bonds is 2. The Morgan fingerprint density at radius 3 is 3.06 bits per heavy atom. The number of hydrogen-bond acceptors (Lipinski definition) is 6. The zero-order chi connectivity index (χ0) is 12.4. The summed E-state index contributed by atoms with van der Waals surface area (Å²) in [6.07, 6.45) is 0.755. The summed E-state index contributed by atoms with van der Waals surface area (Å²) in [6.45, 7) is 0.143. The van der Waals surface area contributed by atoms with E-state index in [1.165, 1.54) is 17.2 Å². The number of aromatic nitrogens is 2. The second-order valence-corrected chi connectivity index (χ2v) is 3.78. The minimum Gasteiger partial charge on any atom is -0.480 e. The minimum absolute atomic E-state index is 0.122. The maximum atomic E-state index is 11.0. The summed E-state index contributed by atoms with van der Waals surface area (Å²) in [5.41, 5.74) is 0.250. The van der Waals surface area contributed by atoms with Gasteiger partial charge in [0.15, 0.2) is 5.82 Å². The molecule has 1 fully saturated rings. The standard InChI is InChI=1S/C10H10N4O3/c11-4-6-1-2-12-13-9(6)14-5-7(15)3-8(14)10(16)17/h1-2,7-8,15H,3,5H2,(H,16,17). The van der Waals surface area contributed by atoms with Crippen molar-refractivity contribution < 1.29 is 15.0 Å². The molecule has 2 rings (SSSR count). The molecule has 0 amide bonds. The fourth-order valence-electron chi connectivity index (χ4n) is 1.91. The number of nitrogens with zero attached hydrogens (tertiary/aromatic N) is 4. The fourth-order valence-corrected chi connectivity index (χ4v) is 1.91. The predicted octanol–water partition coefficient (Wildman–Crippen LogP) is -0.628. The maximum Gasteiger partial charge on any atom is 0.326 e. The summed E-state index contributed by atoms with van der Waals surface area (Å²) < 4.78 is 0. The van der Waals surface area contributed by atoms with E-state index in [0.717, 1.165) is 0 Å². The van der Waals surface area contributed by atoms with E-state index in [0.29, 0.717) is 0 Å². The van der Waals surface area contributed by atoms with Gasteiger partial charge < -0.3 is 15.1 Å². The van der Waals surface area contributed by atoms with Crippen molar-refractivity contribution in [2.75, 3.05) is 11.4 Å². The molecule has 7 nitrogen and oxygen atoms in total. The van der Waals surface area contributed by atoms with Gasteiger partial charge in [-0.2, -0.15) is 10.4 Å². The zero-order valence-electron chi connectivity index (χ0n) is 8.82. The van der Waals surface area contributed by atoms with E-state index in [1.54, 1.807) is 0 Å². The lowest BCUT2D eigenvalue weighted by atomic mass is 10.2. The first kappa shape index (κ1) is 11.3. The number of aliphatic carboxylic acids is 1. The van der Waals surface area contributed by atoms with Crippen LogP contribution >= 0.6 is 0 Å². The van der Waals surface area contributed by atoms with E-state index >= 15 is 0 Å². The smallest absolute Gasteiger partial charge is 0.326 e. The minimum atomic E-state index is -1.05. The summed E-state index contributed by atoms with van der Waals surface area (Å²) in [5.74, 6) is -0.838. The molecule has 1 aromatic rings. The highest BCUT2D eigenvalue weighted by Crippen LogP contribution is 2.26. The Balaban J connectivity index is 2.39. The van der Waals surface area contributed by atoms with Crippen molar-refractivity contribution in [3.05, 3.63) is 17.8 Å². The lowest BCUT2D eigenvalue weighted by molar-refractivity contribution is -0.138. The van der Waals surface area contributed by atoms with E-state index in [2.05, 4.69) is 10.2 Å². The van der Waals surface area contributed by atoms with Crippen LogP contribution in [0.15, 0.2) is 12.3 Å². The third kappa shape index (κ3) is 2.03. The van der Waals surface area contributed by atoms with Crippen molar-refractivity contribution in [3.8, 4) is 6.07 Å². The molecule has 2 unspecified atom stereocenters. The zero-order valence-corrected chi connectivity index (χ0v) is 8.82. The summed E-state index contributed by atoms with van der Waals surface area (Å²) in [7, 11) is 0. The maximum absolute atomic E-state index is 11.0. The highest BCUT2D eigenvalue weighted by Gasteiger charge is 2.37. The average molecular weight is 234 g/mol. The number of aliphatic hydroxyl groups excluding tert-OH is 1. The van der Waals surface area contributed by atoms with Gasteiger partial charge in [0.2, 0.25) is 0 Å². The number of aliphatic hydroxyl groups is 1. The molecule has 17 heavy (non-hydrogen) atoms. The molecule has 1 aliphatic heterocycles. The molecule has 1 aromatic heterocycles. The monoisotopic (exact) mass is 234 g/mol. The van der Waals surface area contributed by atoms with Gasteiger partial charge in [-0.05, 0) is 6.07 Å². The van der Waals surface area contributed by atoms with Crippen LogP contribution in [0.2, 0.25) is 0 Å². The number of carboxylic acids is 1. The van der Waals surface area contributed by atoms with Crippen LogP contribution in [0.1, 0.15) is 12.0 Å². The van der Waals surface area contributed by atoms with Gasteiger partial charge in [0.1, 0.15) is 12.1 Å². The van der Waals surface area contributed by atoms with Gasteiger partial charge in [0.25, 0.3) is 0 Å². The number of anilines is 1. The molecule has 1 aliphatic rings. The van der Waals surface area contributed by atoms with Gasteiger partial charge in [-0.25, -0.2) is 4.79 Å². The molecular weight excluding hydrogens is 224 g/mol. The number of β-amino-alcohol motifs (C(OH)–C–C–N with tert-alkyl or cyclic N) is 1. The van der Waals surface area contributed by atoms with Gasteiger partial charge in [-0.15, -0.1) is 5.10 Å².